The van der Waals surface area contributed by atoms with Gasteiger partial charge in [0.15, 0.2) is 0 Å². The molecule has 2 aromatic carbocycles. The molecule has 0 bridgehead atoms. The van der Waals surface area contributed by atoms with Gasteiger partial charge in [-0.05, 0) is 62.7 Å². The van der Waals surface area contributed by atoms with Gasteiger partial charge >= 0.3 is 6.09 Å². The first-order valence-corrected chi connectivity index (χ1v) is 7.82. The molecule has 2 aromatic rings. The first-order valence-electron chi connectivity index (χ1n) is 7.82. The number of anilines is 2. The predicted octanol–water partition coefficient (Wildman–Crippen LogP) is 4.89. The van der Waals surface area contributed by atoms with Crippen molar-refractivity contribution in [3.8, 4) is 5.75 Å². The van der Waals surface area contributed by atoms with Crippen molar-refractivity contribution in [1.29, 1.82) is 0 Å². The summed E-state index contributed by atoms with van der Waals surface area (Å²) >= 11 is 0. The Morgan fingerprint density at radius 3 is 2.32 bits per heavy atom. The fourth-order valence-electron chi connectivity index (χ4n) is 2.09. The van der Waals surface area contributed by atoms with Crippen LogP contribution in [-0.4, -0.2) is 18.8 Å². The van der Waals surface area contributed by atoms with E-state index in [4.69, 9.17) is 9.47 Å². The van der Waals surface area contributed by atoms with Crippen molar-refractivity contribution < 1.29 is 14.3 Å². The van der Waals surface area contributed by atoms with E-state index in [0.717, 1.165) is 22.7 Å². The fraction of sp³-hybridized carbons (Fsp3) is 0.316. The molecule has 0 fully saturated rings. The van der Waals surface area contributed by atoms with Crippen LogP contribution in [0.4, 0.5) is 16.2 Å². The summed E-state index contributed by atoms with van der Waals surface area (Å²) in [6.07, 6.45) is -0.420. The number of halogens is 1. The number of nitrogens with one attached hydrogen (secondary N) is 2. The lowest BCUT2D eigenvalue weighted by Crippen LogP contribution is -2.32. The van der Waals surface area contributed by atoms with Gasteiger partial charge < -0.3 is 20.1 Å². The monoisotopic (exact) mass is 364 g/mol. The van der Waals surface area contributed by atoms with Crippen LogP contribution in [0.25, 0.3) is 0 Å². The molecule has 5 nitrogen and oxygen atoms in total. The number of alkyl carbamates (subject to hydrolysis) is 1. The van der Waals surface area contributed by atoms with E-state index in [1.54, 1.807) is 7.11 Å². The molecule has 0 aliphatic heterocycles. The van der Waals surface area contributed by atoms with Gasteiger partial charge in [-0.3, -0.25) is 0 Å². The van der Waals surface area contributed by atoms with Crippen LogP contribution in [0.5, 0.6) is 5.75 Å². The molecule has 0 aliphatic rings. The van der Waals surface area contributed by atoms with E-state index in [1.807, 2.05) is 69.3 Å². The Bertz CT molecular complexity index is 682. The Morgan fingerprint density at radius 2 is 1.72 bits per heavy atom. The summed E-state index contributed by atoms with van der Waals surface area (Å²) in [7, 11) is 1.64. The highest BCUT2D eigenvalue weighted by molar-refractivity contribution is 5.85. The molecule has 6 heteroatoms. The first kappa shape index (κ1) is 20.6. The summed E-state index contributed by atoms with van der Waals surface area (Å²) in [4.78, 5) is 11.7. The second kappa shape index (κ2) is 9.18. The maximum atomic E-state index is 11.7. The van der Waals surface area contributed by atoms with E-state index < -0.39 is 11.7 Å². The minimum absolute atomic E-state index is 0. The average molecular weight is 365 g/mol. The summed E-state index contributed by atoms with van der Waals surface area (Å²) in [5.74, 6) is 0.816. The molecule has 1 amide bonds. The highest BCUT2D eigenvalue weighted by Gasteiger charge is 2.15. The zero-order valence-electron chi connectivity index (χ0n) is 15.0. The minimum Gasteiger partial charge on any atom is -0.497 e. The van der Waals surface area contributed by atoms with Gasteiger partial charge in [0.25, 0.3) is 0 Å². The first-order chi connectivity index (χ1) is 11.4. The number of hydrogen-bond donors (Lipinski definition) is 2. The number of methoxy groups -OCH3 is 1. The number of carbonyl (C=O) groups excluding carboxylic acids is 1. The molecule has 0 spiro atoms. The number of carbonyl (C=O) groups is 1. The molecule has 25 heavy (non-hydrogen) atoms. The lowest BCUT2D eigenvalue weighted by Gasteiger charge is -2.19. The van der Waals surface area contributed by atoms with Crippen molar-refractivity contribution in [2.75, 3.05) is 12.4 Å². The molecule has 0 heterocycles. The molecule has 2 rings (SSSR count). The van der Waals surface area contributed by atoms with Crippen LogP contribution in [0, 0.1) is 0 Å². The predicted molar refractivity (Wildman–Crippen MR) is 103 cm³/mol. The van der Waals surface area contributed by atoms with Gasteiger partial charge in [0.1, 0.15) is 11.4 Å². The van der Waals surface area contributed by atoms with Crippen molar-refractivity contribution in [1.82, 2.24) is 5.32 Å². The minimum atomic E-state index is -0.498. The summed E-state index contributed by atoms with van der Waals surface area (Å²) in [5, 5.41) is 6.08. The van der Waals surface area contributed by atoms with Gasteiger partial charge in [0, 0.05) is 17.9 Å². The number of amides is 1. The van der Waals surface area contributed by atoms with Crippen molar-refractivity contribution in [3.05, 3.63) is 54.1 Å². The molecule has 136 valence electrons. The molecular formula is C19H25ClN2O3. The van der Waals surface area contributed by atoms with Crippen molar-refractivity contribution in [2.45, 2.75) is 32.9 Å². The van der Waals surface area contributed by atoms with Crippen LogP contribution in [-0.2, 0) is 11.3 Å². The number of benzene rings is 2. The third-order valence-electron chi connectivity index (χ3n) is 3.14. The summed E-state index contributed by atoms with van der Waals surface area (Å²) in [6.45, 7) is 5.93. The van der Waals surface area contributed by atoms with Gasteiger partial charge in [-0.15, -0.1) is 12.4 Å². The van der Waals surface area contributed by atoms with Crippen LogP contribution in [0.15, 0.2) is 48.5 Å². The third kappa shape index (κ3) is 7.35. The zero-order valence-corrected chi connectivity index (χ0v) is 15.8. The molecule has 2 N–H and O–H groups in total. The van der Waals surface area contributed by atoms with Crippen LogP contribution >= 0.6 is 12.4 Å². The van der Waals surface area contributed by atoms with Crippen molar-refractivity contribution in [2.24, 2.45) is 0 Å². The van der Waals surface area contributed by atoms with Crippen LogP contribution in [0.3, 0.4) is 0 Å². The topological polar surface area (TPSA) is 59.6 Å². The molecule has 0 aliphatic carbocycles. The molecule has 0 aromatic heterocycles. The van der Waals surface area contributed by atoms with E-state index in [1.165, 1.54) is 0 Å². The largest absolute Gasteiger partial charge is 0.497 e. The maximum absolute atomic E-state index is 11.7. The highest BCUT2D eigenvalue weighted by atomic mass is 35.5. The van der Waals surface area contributed by atoms with E-state index in [9.17, 15) is 4.79 Å². The standard InChI is InChI=1S/C19H24N2O3.ClH/c1-19(2,3)24-18(22)20-13-14-6-5-7-16(12-14)21-15-8-10-17(23-4)11-9-15;/h5-12,21H,13H2,1-4H3,(H,20,22);1H. The Kier molecular flexibility index (Phi) is 7.58. The molecule has 0 unspecified atom stereocenters. The summed E-state index contributed by atoms with van der Waals surface area (Å²) in [5.41, 5.74) is 2.40. The van der Waals surface area contributed by atoms with Gasteiger partial charge in [-0.1, -0.05) is 12.1 Å². The molecule has 0 atom stereocenters. The lowest BCUT2D eigenvalue weighted by atomic mass is 10.2. The fourth-order valence-corrected chi connectivity index (χ4v) is 2.09. The zero-order chi connectivity index (χ0) is 17.6. The van der Waals surface area contributed by atoms with Gasteiger partial charge in [0.05, 0.1) is 7.11 Å². The Balaban J connectivity index is 0.00000312. The van der Waals surface area contributed by atoms with Gasteiger partial charge in [-0.2, -0.15) is 0 Å². The summed E-state index contributed by atoms with van der Waals surface area (Å²) < 4.78 is 10.4. The van der Waals surface area contributed by atoms with Gasteiger partial charge in [0.2, 0.25) is 0 Å². The number of ether oxygens (including phenoxy) is 2. The second-order valence-electron chi connectivity index (χ2n) is 6.41. The SMILES string of the molecule is COc1ccc(Nc2cccc(CNC(=O)OC(C)(C)C)c2)cc1.Cl. The Morgan fingerprint density at radius 1 is 1.04 bits per heavy atom. The molecule has 0 radical (unpaired) electrons. The highest BCUT2D eigenvalue weighted by Crippen LogP contribution is 2.20. The average Bonchev–Trinajstić information content (AvgIpc) is 2.52. The quantitative estimate of drug-likeness (QED) is 0.793. The van der Waals surface area contributed by atoms with Crippen molar-refractivity contribution >= 4 is 29.9 Å². The second-order valence-corrected chi connectivity index (χ2v) is 6.41. The molecular weight excluding hydrogens is 340 g/mol. The summed E-state index contributed by atoms with van der Waals surface area (Å²) in [6, 6.07) is 15.6. The number of rotatable bonds is 5. The van der Waals surface area contributed by atoms with Gasteiger partial charge in [-0.25, -0.2) is 4.79 Å². The Labute approximate surface area is 155 Å². The van der Waals surface area contributed by atoms with E-state index in [-0.39, 0.29) is 12.4 Å². The van der Waals surface area contributed by atoms with E-state index in [0.29, 0.717) is 6.54 Å². The molecule has 0 saturated heterocycles. The van der Waals surface area contributed by atoms with E-state index in [2.05, 4.69) is 10.6 Å². The van der Waals surface area contributed by atoms with Crippen LogP contribution in [0.2, 0.25) is 0 Å². The van der Waals surface area contributed by atoms with Crippen LogP contribution < -0.4 is 15.4 Å². The Hall–Kier alpha value is -2.40. The third-order valence-corrected chi connectivity index (χ3v) is 3.14. The maximum Gasteiger partial charge on any atom is 0.407 e. The van der Waals surface area contributed by atoms with E-state index >= 15 is 0 Å². The number of hydrogen-bond acceptors (Lipinski definition) is 4. The normalized spacial score (nSPS) is 10.4. The van der Waals surface area contributed by atoms with Crippen molar-refractivity contribution in [3.63, 3.8) is 0 Å². The molecule has 0 saturated carbocycles. The lowest BCUT2D eigenvalue weighted by molar-refractivity contribution is 0.0523. The van der Waals surface area contributed by atoms with Crippen LogP contribution in [0.1, 0.15) is 26.3 Å². The smallest absolute Gasteiger partial charge is 0.407 e.